The Labute approximate surface area is 131 Å². The average Bonchev–Trinajstić information content (AvgIpc) is 2.54. The first-order chi connectivity index (χ1) is 10.9. The van der Waals surface area contributed by atoms with Gasteiger partial charge in [-0.25, -0.2) is 0 Å². The van der Waals surface area contributed by atoms with Crippen molar-refractivity contribution in [3.8, 4) is 0 Å². The molecule has 0 aliphatic carbocycles. The van der Waals surface area contributed by atoms with Gasteiger partial charge in [0, 0.05) is 5.56 Å². The molecule has 23 heavy (non-hydrogen) atoms. The van der Waals surface area contributed by atoms with Crippen molar-refractivity contribution in [2.24, 2.45) is 0 Å². The lowest BCUT2D eigenvalue weighted by atomic mass is 10.1. The number of aliphatic hydroxyl groups excluding tert-OH is 1. The molecule has 0 fully saturated rings. The molecule has 2 aromatic rings. The highest BCUT2D eigenvalue weighted by Crippen LogP contribution is 2.29. The molecule has 3 nitrogen and oxygen atoms in total. The predicted octanol–water partition coefficient (Wildman–Crippen LogP) is 3.04. The normalized spacial score (nSPS) is 12.7. The number of hydrogen-bond acceptors (Lipinski definition) is 2. The molecule has 2 aromatic carbocycles. The molecule has 2 N–H and O–H groups in total. The Bertz CT molecular complexity index is 639. The summed E-state index contributed by atoms with van der Waals surface area (Å²) in [6.45, 7) is -0.263. The third kappa shape index (κ3) is 4.82. The first-order valence-electron chi connectivity index (χ1n) is 7.03. The van der Waals surface area contributed by atoms with Crippen molar-refractivity contribution in [2.45, 2.75) is 18.6 Å². The topological polar surface area (TPSA) is 49.3 Å². The van der Waals surface area contributed by atoms with Crippen molar-refractivity contribution in [3.05, 3.63) is 71.3 Å². The van der Waals surface area contributed by atoms with Gasteiger partial charge in [-0.2, -0.15) is 13.2 Å². The summed E-state index contributed by atoms with van der Waals surface area (Å²) in [5.74, 6) is -0.520. The van der Waals surface area contributed by atoms with Crippen molar-refractivity contribution < 1.29 is 23.1 Å². The van der Waals surface area contributed by atoms with Gasteiger partial charge >= 0.3 is 6.18 Å². The zero-order valence-electron chi connectivity index (χ0n) is 12.2. The highest BCUT2D eigenvalue weighted by molar-refractivity contribution is 5.94. The summed E-state index contributed by atoms with van der Waals surface area (Å²) in [5, 5.41) is 12.0. The minimum absolute atomic E-state index is 0.115. The van der Waals surface area contributed by atoms with Gasteiger partial charge in [-0.3, -0.25) is 4.79 Å². The third-order valence-corrected chi connectivity index (χ3v) is 3.35. The first kappa shape index (κ1) is 17.0. The van der Waals surface area contributed by atoms with Crippen LogP contribution in [-0.4, -0.2) is 23.7 Å². The predicted molar refractivity (Wildman–Crippen MR) is 79.9 cm³/mol. The lowest BCUT2D eigenvalue weighted by Gasteiger charge is -2.16. The maximum absolute atomic E-state index is 12.5. The van der Waals surface area contributed by atoms with Crippen molar-refractivity contribution in [1.82, 2.24) is 5.32 Å². The Hall–Kier alpha value is -2.34. The van der Waals surface area contributed by atoms with Crippen molar-refractivity contribution in [3.63, 3.8) is 0 Å². The molecular formula is C17H16F3NO2. The molecule has 0 aromatic heterocycles. The van der Waals surface area contributed by atoms with Crippen LogP contribution < -0.4 is 5.32 Å². The number of alkyl halides is 3. The number of benzene rings is 2. The zero-order chi connectivity index (χ0) is 16.9. The van der Waals surface area contributed by atoms with Gasteiger partial charge in [-0.15, -0.1) is 0 Å². The fraction of sp³-hybridized carbons (Fsp3) is 0.235. The van der Waals surface area contributed by atoms with Crippen LogP contribution in [0.5, 0.6) is 0 Å². The number of carbonyl (C=O) groups is 1. The van der Waals surface area contributed by atoms with Gasteiger partial charge < -0.3 is 10.4 Å². The van der Waals surface area contributed by atoms with E-state index in [1.807, 2.05) is 30.3 Å². The van der Waals surface area contributed by atoms with E-state index in [0.29, 0.717) is 6.42 Å². The molecule has 0 saturated carbocycles. The molecule has 1 unspecified atom stereocenters. The van der Waals surface area contributed by atoms with Gasteiger partial charge in [0.2, 0.25) is 0 Å². The number of carbonyl (C=O) groups excluding carboxylic acids is 1. The van der Waals surface area contributed by atoms with Crippen LogP contribution in [-0.2, 0) is 12.6 Å². The summed E-state index contributed by atoms with van der Waals surface area (Å²) in [6, 6.07) is 12.7. The van der Waals surface area contributed by atoms with E-state index in [9.17, 15) is 23.1 Å². The molecule has 0 bridgehead atoms. The number of nitrogens with one attached hydrogen (secondary N) is 1. The second kappa shape index (κ2) is 7.28. The molecule has 2 rings (SSSR count). The summed E-state index contributed by atoms with van der Waals surface area (Å²) in [5.41, 5.74) is 0.251. The van der Waals surface area contributed by atoms with E-state index in [2.05, 4.69) is 5.32 Å². The number of rotatable bonds is 5. The average molecular weight is 323 g/mol. The monoisotopic (exact) mass is 323 g/mol. The standard InChI is InChI=1S/C17H16F3NO2/c18-17(19,20)14-8-6-13(7-9-14)16(23)21-15(11-22)10-12-4-2-1-3-5-12/h1-9,15,22H,10-11H2,(H,21,23). The maximum Gasteiger partial charge on any atom is 0.416 e. The van der Waals surface area contributed by atoms with Crippen LogP contribution in [0.25, 0.3) is 0 Å². The van der Waals surface area contributed by atoms with Crippen LogP contribution in [0.1, 0.15) is 21.5 Å². The van der Waals surface area contributed by atoms with Crippen molar-refractivity contribution in [1.29, 1.82) is 0 Å². The van der Waals surface area contributed by atoms with Gasteiger partial charge in [-0.05, 0) is 36.2 Å². The van der Waals surface area contributed by atoms with Gasteiger partial charge in [0.25, 0.3) is 5.91 Å². The van der Waals surface area contributed by atoms with Gasteiger partial charge in [0.1, 0.15) is 0 Å². The fourth-order valence-electron chi connectivity index (χ4n) is 2.14. The highest BCUT2D eigenvalue weighted by atomic mass is 19.4. The van der Waals surface area contributed by atoms with Crippen LogP contribution in [0.15, 0.2) is 54.6 Å². The summed E-state index contributed by atoms with van der Waals surface area (Å²) >= 11 is 0. The molecule has 6 heteroatoms. The zero-order valence-corrected chi connectivity index (χ0v) is 12.2. The van der Waals surface area contributed by atoms with Crippen LogP contribution in [0.2, 0.25) is 0 Å². The lowest BCUT2D eigenvalue weighted by molar-refractivity contribution is -0.137. The fourth-order valence-corrected chi connectivity index (χ4v) is 2.14. The summed E-state index contributed by atoms with van der Waals surface area (Å²) in [7, 11) is 0. The van der Waals surface area contributed by atoms with Gasteiger partial charge in [-0.1, -0.05) is 30.3 Å². The molecule has 122 valence electrons. The molecule has 0 heterocycles. The minimum atomic E-state index is -4.43. The van der Waals surface area contributed by atoms with Crippen LogP contribution in [0.4, 0.5) is 13.2 Å². The Morgan fingerprint density at radius 2 is 1.65 bits per heavy atom. The van der Waals surface area contributed by atoms with E-state index in [0.717, 1.165) is 29.8 Å². The summed E-state index contributed by atoms with van der Waals surface area (Å²) < 4.78 is 37.5. The SMILES string of the molecule is O=C(NC(CO)Cc1ccccc1)c1ccc(C(F)(F)F)cc1. The van der Waals surface area contributed by atoms with Gasteiger partial charge in [0.15, 0.2) is 0 Å². The summed E-state index contributed by atoms with van der Waals surface area (Å²) in [6.07, 6.45) is -4.00. The lowest BCUT2D eigenvalue weighted by Crippen LogP contribution is -2.39. The molecule has 1 amide bonds. The number of halogens is 3. The number of amides is 1. The molecular weight excluding hydrogens is 307 g/mol. The van der Waals surface area contributed by atoms with E-state index in [4.69, 9.17) is 0 Å². The Morgan fingerprint density at radius 3 is 2.17 bits per heavy atom. The number of hydrogen-bond donors (Lipinski definition) is 2. The van der Waals surface area contributed by atoms with Crippen molar-refractivity contribution >= 4 is 5.91 Å². The van der Waals surface area contributed by atoms with E-state index in [1.165, 1.54) is 0 Å². The number of aliphatic hydroxyl groups is 1. The van der Waals surface area contributed by atoms with E-state index in [-0.39, 0.29) is 12.2 Å². The van der Waals surface area contributed by atoms with Gasteiger partial charge in [0.05, 0.1) is 18.2 Å². The smallest absolute Gasteiger partial charge is 0.394 e. The maximum atomic E-state index is 12.5. The molecule has 0 saturated heterocycles. The van der Waals surface area contributed by atoms with E-state index in [1.54, 1.807) is 0 Å². The Kier molecular flexibility index (Phi) is 5.39. The Balaban J connectivity index is 2.02. The van der Waals surface area contributed by atoms with Crippen LogP contribution >= 0.6 is 0 Å². The quantitative estimate of drug-likeness (QED) is 0.888. The second-order valence-corrected chi connectivity index (χ2v) is 5.12. The largest absolute Gasteiger partial charge is 0.416 e. The highest BCUT2D eigenvalue weighted by Gasteiger charge is 2.30. The molecule has 0 aliphatic rings. The second-order valence-electron chi connectivity index (χ2n) is 5.12. The first-order valence-corrected chi connectivity index (χ1v) is 7.03. The summed E-state index contributed by atoms with van der Waals surface area (Å²) in [4.78, 5) is 12.1. The molecule has 1 atom stereocenters. The van der Waals surface area contributed by atoms with E-state index < -0.39 is 23.7 Å². The molecule has 0 spiro atoms. The molecule has 0 radical (unpaired) electrons. The Morgan fingerprint density at radius 1 is 1.04 bits per heavy atom. The minimum Gasteiger partial charge on any atom is -0.394 e. The molecule has 0 aliphatic heterocycles. The van der Waals surface area contributed by atoms with Crippen molar-refractivity contribution in [2.75, 3.05) is 6.61 Å². The third-order valence-electron chi connectivity index (χ3n) is 3.35. The van der Waals surface area contributed by atoms with Crippen LogP contribution in [0.3, 0.4) is 0 Å². The van der Waals surface area contributed by atoms with E-state index >= 15 is 0 Å². The van der Waals surface area contributed by atoms with Crippen LogP contribution in [0, 0.1) is 0 Å².